The van der Waals surface area contributed by atoms with Crippen LogP contribution in [0, 0.1) is 0 Å². The van der Waals surface area contributed by atoms with Crippen molar-refractivity contribution in [3.8, 4) is 0 Å². The minimum Gasteiger partial charge on any atom is -0.393 e. The third-order valence-corrected chi connectivity index (χ3v) is 3.07. The van der Waals surface area contributed by atoms with Crippen LogP contribution in [0.1, 0.15) is 25.7 Å². The zero-order valence-electron chi connectivity index (χ0n) is 6.45. The number of aliphatic hydroxyl groups is 1. The molecule has 0 spiro atoms. The quantitative estimate of drug-likeness (QED) is 0.534. The van der Waals surface area contributed by atoms with Gasteiger partial charge in [-0.2, -0.15) is 0 Å². The fraction of sp³-hybridized carbons (Fsp3) is 1.00. The molecule has 0 aromatic carbocycles. The predicted molar refractivity (Wildman–Crippen MR) is 39.8 cm³/mol. The van der Waals surface area contributed by atoms with Gasteiger partial charge >= 0.3 is 0 Å². The Morgan fingerprint density at radius 2 is 1.70 bits per heavy atom. The first-order chi connectivity index (χ1) is 4.77. The van der Waals surface area contributed by atoms with Gasteiger partial charge in [0.15, 0.2) is 0 Å². The molecular formula is C8H15NO. The van der Waals surface area contributed by atoms with Crippen LogP contribution < -0.4 is 0 Å². The maximum atomic E-state index is 9.38. The molecule has 10 heavy (non-hydrogen) atoms. The van der Waals surface area contributed by atoms with E-state index in [0.29, 0.717) is 12.1 Å². The molecule has 0 aliphatic carbocycles. The van der Waals surface area contributed by atoms with E-state index >= 15 is 0 Å². The topological polar surface area (TPSA) is 23.5 Å². The summed E-state index contributed by atoms with van der Waals surface area (Å²) in [6.07, 6.45) is 4.62. The monoisotopic (exact) mass is 141 g/mol. The molecule has 2 aliphatic heterocycles. The maximum absolute atomic E-state index is 9.38. The second kappa shape index (κ2) is 2.21. The van der Waals surface area contributed by atoms with E-state index in [4.69, 9.17) is 0 Å². The van der Waals surface area contributed by atoms with Crippen LogP contribution in [0.5, 0.6) is 0 Å². The second-order valence-electron chi connectivity index (χ2n) is 3.68. The number of hydrogen-bond acceptors (Lipinski definition) is 2. The Balaban J connectivity index is 2.09. The van der Waals surface area contributed by atoms with E-state index in [1.54, 1.807) is 0 Å². The van der Waals surface area contributed by atoms with Gasteiger partial charge in [0.05, 0.1) is 6.10 Å². The number of nitrogens with zero attached hydrogens (tertiary/aromatic N) is 1. The Kier molecular flexibility index (Phi) is 1.46. The largest absolute Gasteiger partial charge is 0.393 e. The first-order valence-electron chi connectivity index (χ1n) is 4.17. The molecule has 1 N–H and O–H groups in total. The van der Waals surface area contributed by atoms with Gasteiger partial charge in [-0.1, -0.05) is 0 Å². The van der Waals surface area contributed by atoms with Crippen molar-refractivity contribution < 1.29 is 5.11 Å². The van der Waals surface area contributed by atoms with Crippen molar-refractivity contribution in [2.45, 2.75) is 43.9 Å². The van der Waals surface area contributed by atoms with Crippen LogP contribution in [0.2, 0.25) is 0 Å². The zero-order chi connectivity index (χ0) is 7.14. The average Bonchev–Trinajstić information content (AvgIpc) is 2.20. The van der Waals surface area contributed by atoms with Gasteiger partial charge in [-0.05, 0) is 32.7 Å². The molecule has 0 aromatic rings. The Morgan fingerprint density at radius 3 is 2.20 bits per heavy atom. The highest BCUT2D eigenvalue weighted by molar-refractivity contribution is 4.93. The Labute approximate surface area is 61.8 Å². The molecule has 2 aliphatic rings. The molecule has 1 unspecified atom stereocenters. The Morgan fingerprint density at radius 1 is 1.20 bits per heavy atom. The van der Waals surface area contributed by atoms with Crippen molar-refractivity contribution in [3.05, 3.63) is 0 Å². The standard InChI is InChI=1S/C8H15NO/c1-9-6-2-3-7(9)5-8(10)4-6/h6-8,10H,2-5H2,1H3/t6-,7?,8-/m0/s1. The lowest BCUT2D eigenvalue weighted by atomic mass is 10.0. The highest BCUT2D eigenvalue weighted by Gasteiger charge is 2.37. The number of fused-ring (bicyclic) bond motifs is 2. The maximum Gasteiger partial charge on any atom is 0.0570 e. The number of hydrogen-bond donors (Lipinski definition) is 1. The van der Waals surface area contributed by atoms with Crippen molar-refractivity contribution in [2.75, 3.05) is 7.05 Å². The summed E-state index contributed by atoms with van der Waals surface area (Å²) < 4.78 is 0. The third kappa shape index (κ3) is 0.867. The molecule has 0 aromatic heterocycles. The molecule has 0 amide bonds. The summed E-state index contributed by atoms with van der Waals surface area (Å²) in [4.78, 5) is 2.44. The van der Waals surface area contributed by atoms with Gasteiger partial charge in [0.2, 0.25) is 0 Å². The molecule has 2 bridgehead atoms. The molecule has 58 valence electrons. The van der Waals surface area contributed by atoms with E-state index in [1.165, 1.54) is 12.8 Å². The smallest absolute Gasteiger partial charge is 0.0570 e. The van der Waals surface area contributed by atoms with Crippen LogP contribution in [0.25, 0.3) is 0 Å². The van der Waals surface area contributed by atoms with E-state index in [-0.39, 0.29) is 6.10 Å². The van der Waals surface area contributed by atoms with Crippen LogP contribution in [-0.2, 0) is 0 Å². The Bertz CT molecular complexity index is 123. The van der Waals surface area contributed by atoms with Crippen molar-refractivity contribution in [3.63, 3.8) is 0 Å². The summed E-state index contributed by atoms with van der Waals surface area (Å²) in [5, 5.41) is 9.38. The second-order valence-corrected chi connectivity index (χ2v) is 3.68. The molecule has 2 rings (SSSR count). The highest BCUT2D eigenvalue weighted by atomic mass is 16.3. The first-order valence-corrected chi connectivity index (χ1v) is 4.17. The SMILES string of the molecule is CN1C2CC[C@H]1C[C@H](O)C2. The summed E-state index contributed by atoms with van der Waals surface area (Å²) in [7, 11) is 2.19. The molecule has 2 nitrogen and oxygen atoms in total. The van der Waals surface area contributed by atoms with Crippen LogP contribution in [-0.4, -0.2) is 35.2 Å². The van der Waals surface area contributed by atoms with Crippen molar-refractivity contribution in [1.29, 1.82) is 0 Å². The van der Waals surface area contributed by atoms with Crippen molar-refractivity contribution in [2.24, 2.45) is 0 Å². The number of aliphatic hydroxyl groups excluding tert-OH is 1. The minimum atomic E-state index is -0.00583. The molecule has 0 radical (unpaired) electrons. The van der Waals surface area contributed by atoms with Gasteiger partial charge in [0, 0.05) is 12.1 Å². The Hall–Kier alpha value is -0.0800. The summed E-state index contributed by atoms with van der Waals surface area (Å²) in [6.45, 7) is 0. The molecule has 0 saturated carbocycles. The summed E-state index contributed by atoms with van der Waals surface area (Å²) in [5.74, 6) is 0. The minimum absolute atomic E-state index is 0.00583. The lowest BCUT2D eigenvalue weighted by molar-refractivity contribution is 0.0503. The fourth-order valence-corrected chi connectivity index (χ4v) is 2.38. The van der Waals surface area contributed by atoms with E-state index in [9.17, 15) is 5.11 Å². The van der Waals surface area contributed by atoms with Crippen molar-refractivity contribution in [1.82, 2.24) is 4.90 Å². The fourth-order valence-electron chi connectivity index (χ4n) is 2.38. The van der Waals surface area contributed by atoms with Crippen LogP contribution in [0.4, 0.5) is 0 Å². The van der Waals surface area contributed by atoms with E-state index < -0.39 is 0 Å². The van der Waals surface area contributed by atoms with Gasteiger partial charge < -0.3 is 10.0 Å². The van der Waals surface area contributed by atoms with E-state index in [1.807, 2.05) is 0 Å². The predicted octanol–water partition coefficient (Wildman–Crippen LogP) is 0.604. The van der Waals surface area contributed by atoms with Crippen LogP contribution >= 0.6 is 0 Å². The summed E-state index contributed by atoms with van der Waals surface area (Å²) in [5.41, 5.74) is 0. The molecule has 2 fully saturated rings. The van der Waals surface area contributed by atoms with Crippen LogP contribution in [0.3, 0.4) is 0 Å². The number of rotatable bonds is 0. The van der Waals surface area contributed by atoms with E-state index in [2.05, 4.69) is 11.9 Å². The molecule has 2 heterocycles. The molecule has 2 heteroatoms. The third-order valence-electron chi connectivity index (χ3n) is 3.07. The lowest BCUT2D eigenvalue weighted by Gasteiger charge is -2.33. The van der Waals surface area contributed by atoms with Gasteiger partial charge in [0.1, 0.15) is 0 Å². The van der Waals surface area contributed by atoms with E-state index in [0.717, 1.165) is 12.8 Å². The highest BCUT2D eigenvalue weighted by Crippen LogP contribution is 2.33. The average molecular weight is 141 g/mol. The first kappa shape index (κ1) is 6.62. The summed E-state index contributed by atoms with van der Waals surface area (Å²) in [6, 6.07) is 1.38. The molecule has 3 atom stereocenters. The summed E-state index contributed by atoms with van der Waals surface area (Å²) >= 11 is 0. The molecular weight excluding hydrogens is 126 g/mol. The number of piperidine rings is 1. The lowest BCUT2D eigenvalue weighted by Crippen LogP contribution is -2.41. The van der Waals surface area contributed by atoms with Crippen LogP contribution in [0.15, 0.2) is 0 Å². The molecule has 2 saturated heterocycles. The van der Waals surface area contributed by atoms with Gasteiger partial charge in [-0.25, -0.2) is 0 Å². The van der Waals surface area contributed by atoms with Gasteiger partial charge in [0.25, 0.3) is 0 Å². The normalized spacial score (nSPS) is 48.0. The van der Waals surface area contributed by atoms with Gasteiger partial charge in [-0.3, -0.25) is 0 Å². The van der Waals surface area contributed by atoms with Crippen molar-refractivity contribution >= 4 is 0 Å². The van der Waals surface area contributed by atoms with Gasteiger partial charge in [-0.15, -0.1) is 0 Å². The zero-order valence-corrected chi connectivity index (χ0v) is 6.45.